The number of carboxylic acid groups (broad SMARTS) is 1. The first kappa shape index (κ1) is 39.1. The van der Waals surface area contributed by atoms with E-state index in [1.165, 1.54) is 18.5 Å². The summed E-state index contributed by atoms with van der Waals surface area (Å²) in [4.78, 5) is 30.7. The SMILES string of the molecule is C=C[C@H]1[C@H](O[C@@H]2O[C@H](CO)[C@@H](O)[C@H](O)[C@H]2O)OC=C(C(=O)OC2CCCC2)[C@H]1/C=C/C1=C(NC(N)=NCCCO)C(C(=O)O)=C[NH+](CCO)C1. The summed E-state index contributed by atoms with van der Waals surface area (Å²) in [6.45, 7) is 3.50. The topological polar surface area (TPSA) is 268 Å². The molecule has 50 heavy (non-hydrogen) atoms. The molecule has 0 spiro atoms. The second-order valence-electron chi connectivity index (χ2n) is 12.5. The minimum Gasteiger partial charge on any atom is -0.477 e. The standard InChI is InChI=1S/C33H48N4O13/c1-2-20-21(9-8-18-14-37(11-13-39)15-22(29(44)45)25(18)36-33(34)35-10-5-12-38)23(30(46)48-19-6-3-4-7-19)17-47-31(20)50-32-28(43)27(42)26(41)24(16-40)49-32/h2,8-9,15,17,19-21,24,26-28,31-32,38-43H,1,3-7,10-14,16H2,(H,44,45)(H3,34,35,36)/p+1/b9-8+/t20-,21+,24-,26-,27+,28-,31+,32+/m1/s1. The second kappa shape index (κ2) is 18.5. The summed E-state index contributed by atoms with van der Waals surface area (Å²) in [5.74, 6) is -3.69. The number of ether oxygens (including phenoxy) is 4. The maximum Gasteiger partial charge on any atom is 0.343 e. The molecule has 11 N–H and O–H groups in total. The summed E-state index contributed by atoms with van der Waals surface area (Å²) in [5.41, 5.74) is 6.63. The number of aliphatic imine (C=N–C) groups is 1. The lowest BCUT2D eigenvalue weighted by Gasteiger charge is -2.42. The van der Waals surface area contributed by atoms with Crippen molar-refractivity contribution in [3.8, 4) is 0 Å². The Morgan fingerprint density at radius 3 is 2.48 bits per heavy atom. The van der Waals surface area contributed by atoms with E-state index in [0.29, 0.717) is 29.7 Å². The van der Waals surface area contributed by atoms with Crippen LogP contribution in [-0.4, -0.2) is 136 Å². The average Bonchev–Trinajstić information content (AvgIpc) is 3.61. The summed E-state index contributed by atoms with van der Waals surface area (Å²) in [7, 11) is 0. The number of guanidine groups is 1. The van der Waals surface area contributed by atoms with E-state index in [1.807, 2.05) is 0 Å². The smallest absolute Gasteiger partial charge is 0.343 e. The van der Waals surface area contributed by atoms with E-state index < -0.39 is 67.4 Å². The molecule has 4 aliphatic rings. The van der Waals surface area contributed by atoms with Gasteiger partial charge in [-0.3, -0.25) is 4.99 Å². The number of nitrogens with one attached hydrogen (secondary N) is 2. The van der Waals surface area contributed by atoms with Gasteiger partial charge in [0.25, 0.3) is 0 Å². The Hall–Kier alpha value is -3.65. The molecular weight excluding hydrogens is 660 g/mol. The lowest BCUT2D eigenvalue weighted by molar-refractivity contribution is -0.843. The molecule has 2 fully saturated rings. The molecule has 0 bridgehead atoms. The van der Waals surface area contributed by atoms with Crippen molar-refractivity contribution in [1.29, 1.82) is 0 Å². The minimum absolute atomic E-state index is 0.0825. The van der Waals surface area contributed by atoms with Gasteiger partial charge >= 0.3 is 11.9 Å². The van der Waals surface area contributed by atoms with E-state index in [0.717, 1.165) is 12.8 Å². The van der Waals surface area contributed by atoms with E-state index in [1.54, 1.807) is 12.2 Å². The van der Waals surface area contributed by atoms with E-state index >= 15 is 0 Å². The fraction of sp³-hybridized carbons (Fsp3) is 0.606. The zero-order chi connectivity index (χ0) is 36.4. The predicted octanol–water partition coefficient (Wildman–Crippen LogP) is -3.10. The number of nitrogens with zero attached hydrogens (tertiary/aromatic N) is 1. The van der Waals surface area contributed by atoms with Gasteiger partial charge in [0.05, 0.1) is 36.7 Å². The largest absolute Gasteiger partial charge is 0.477 e. The number of quaternary nitrogens is 1. The van der Waals surface area contributed by atoms with Gasteiger partial charge in [0.2, 0.25) is 6.29 Å². The fourth-order valence-electron chi connectivity index (χ4n) is 6.27. The van der Waals surface area contributed by atoms with Crippen molar-refractivity contribution >= 4 is 17.9 Å². The van der Waals surface area contributed by atoms with Crippen molar-refractivity contribution in [2.24, 2.45) is 22.6 Å². The number of esters is 1. The van der Waals surface area contributed by atoms with Crippen LogP contribution in [0.1, 0.15) is 32.1 Å². The summed E-state index contributed by atoms with van der Waals surface area (Å²) in [6.07, 6.45) is 1.60. The first-order chi connectivity index (χ1) is 24.0. The molecule has 0 radical (unpaired) electrons. The number of nitrogens with two attached hydrogens (primary N) is 1. The summed E-state index contributed by atoms with van der Waals surface area (Å²) in [6, 6.07) is 0. The number of hydrogen-bond donors (Lipinski definition) is 10. The maximum atomic E-state index is 13.6. The average molecular weight is 710 g/mol. The van der Waals surface area contributed by atoms with Crippen molar-refractivity contribution in [2.75, 3.05) is 39.5 Å². The first-order valence-corrected chi connectivity index (χ1v) is 16.7. The Kier molecular flexibility index (Phi) is 14.5. The van der Waals surface area contributed by atoms with Gasteiger partial charge in [0.15, 0.2) is 12.2 Å². The van der Waals surface area contributed by atoms with Crippen LogP contribution in [0, 0.1) is 11.8 Å². The van der Waals surface area contributed by atoms with Crippen LogP contribution < -0.4 is 16.0 Å². The highest BCUT2D eigenvalue weighted by Gasteiger charge is 2.47. The van der Waals surface area contributed by atoms with E-state index in [4.69, 9.17) is 29.8 Å². The zero-order valence-electron chi connectivity index (χ0n) is 27.7. The molecule has 1 saturated heterocycles. The van der Waals surface area contributed by atoms with E-state index in [2.05, 4.69) is 16.9 Å². The number of allylic oxidation sites excluding steroid dienone is 1. The lowest BCUT2D eigenvalue weighted by Crippen LogP contribution is -3.09. The predicted molar refractivity (Wildman–Crippen MR) is 174 cm³/mol. The van der Waals surface area contributed by atoms with Crippen molar-refractivity contribution in [1.82, 2.24) is 5.32 Å². The first-order valence-electron chi connectivity index (χ1n) is 16.7. The highest BCUT2D eigenvalue weighted by atomic mass is 16.8. The quantitative estimate of drug-likeness (QED) is 0.0265. The summed E-state index contributed by atoms with van der Waals surface area (Å²) >= 11 is 0. The molecule has 0 aromatic carbocycles. The number of aliphatic hydroxyl groups excluding tert-OH is 6. The van der Waals surface area contributed by atoms with Crippen molar-refractivity contribution in [3.63, 3.8) is 0 Å². The molecule has 4 rings (SSSR count). The molecule has 1 aliphatic carbocycles. The maximum absolute atomic E-state index is 13.6. The third-order valence-corrected chi connectivity index (χ3v) is 8.99. The van der Waals surface area contributed by atoms with Gasteiger partial charge in [-0.1, -0.05) is 18.2 Å². The molecule has 3 aliphatic heterocycles. The minimum atomic E-state index is -1.72. The van der Waals surface area contributed by atoms with Gasteiger partial charge in [-0.15, -0.1) is 6.58 Å². The third-order valence-electron chi connectivity index (χ3n) is 8.99. The summed E-state index contributed by atoms with van der Waals surface area (Å²) < 4.78 is 23.1. The Balaban J connectivity index is 1.72. The zero-order valence-corrected chi connectivity index (χ0v) is 27.7. The highest BCUT2D eigenvalue weighted by molar-refractivity contribution is 5.94. The third kappa shape index (κ3) is 9.56. The molecule has 17 nitrogen and oxygen atoms in total. The normalized spacial score (nSPS) is 32.4. The molecule has 3 heterocycles. The second-order valence-corrected chi connectivity index (χ2v) is 12.5. The van der Waals surface area contributed by atoms with Gasteiger partial charge in [-0.25, -0.2) is 9.59 Å². The van der Waals surface area contributed by atoms with Crippen LogP contribution >= 0.6 is 0 Å². The van der Waals surface area contributed by atoms with Crippen LogP contribution in [0.4, 0.5) is 0 Å². The fourth-order valence-corrected chi connectivity index (χ4v) is 6.27. The number of hydrogen-bond acceptors (Lipinski definition) is 13. The summed E-state index contributed by atoms with van der Waals surface area (Å²) in [5, 5.41) is 72.5. The van der Waals surface area contributed by atoms with Gasteiger partial charge in [0.1, 0.15) is 55.4 Å². The molecule has 0 aromatic rings. The monoisotopic (exact) mass is 709 g/mol. The number of carbonyl (C=O) groups excluding carboxylic acids is 1. The van der Waals surface area contributed by atoms with Gasteiger partial charge in [-0.05, 0) is 32.1 Å². The molecule has 17 heteroatoms. The molecule has 1 saturated carbocycles. The van der Waals surface area contributed by atoms with Crippen LogP contribution in [-0.2, 0) is 28.5 Å². The van der Waals surface area contributed by atoms with E-state index in [9.17, 15) is 40.2 Å². The van der Waals surface area contributed by atoms with Crippen LogP contribution in [0.5, 0.6) is 0 Å². The van der Waals surface area contributed by atoms with Gasteiger partial charge < -0.3 is 70.6 Å². The van der Waals surface area contributed by atoms with Crippen molar-refractivity contribution in [2.45, 2.75) is 75.2 Å². The number of aliphatic carboxylic acids is 1. The van der Waals surface area contributed by atoms with Crippen molar-refractivity contribution < 1.29 is 69.2 Å². The molecule has 9 atom stereocenters. The lowest BCUT2D eigenvalue weighted by atomic mass is 9.83. The van der Waals surface area contributed by atoms with Crippen molar-refractivity contribution in [3.05, 3.63) is 59.7 Å². The Labute approximate surface area is 289 Å². The number of aliphatic hydroxyl groups is 6. The molecule has 1 unspecified atom stereocenters. The van der Waals surface area contributed by atoms with Gasteiger partial charge in [0, 0.05) is 24.6 Å². The Morgan fingerprint density at radius 2 is 1.84 bits per heavy atom. The number of carbonyl (C=O) groups is 2. The van der Waals surface area contributed by atoms with Crippen LogP contribution in [0.3, 0.4) is 0 Å². The Morgan fingerprint density at radius 1 is 1.10 bits per heavy atom. The molecular formula is C33H49N4O13+. The Bertz CT molecular complexity index is 1360. The highest BCUT2D eigenvalue weighted by Crippen LogP contribution is 2.37. The number of rotatable bonds is 15. The molecule has 278 valence electrons. The van der Waals surface area contributed by atoms with Crippen LogP contribution in [0.15, 0.2) is 64.7 Å². The van der Waals surface area contributed by atoms with Crippen LogP contribution in [0.2, 0.25) is 0 Å². The van der Waals surface area contributed by atoms with Gasteiger partial charge in [-0.2, -0.15) is 0 Å². The number of carboxylic acids is 1. The van der Waals surface area contributed by atoms with Crippen LogP contribution in [0.25, 0.3) is 0 Å². The molecule has 0 amide bonds. The molecule has 0 aromatic heterocycles. The van der Waals surface area contributed by atoms with E-state index in [-0.39, 0.29) is 61.8 Å².